The van der Waals surface area contributed by atoms with Crippen molar-refractivity contribution in [3.8, 4) is 0 Å². The third kappa shape index (κ3) is 2.08. The highest BCUT2D eigenvalue weighted by atomic mass is 16.3. The molecule has 0 aromatic carbocycles. The molecule has 7 atom stereocenters. The van der Waals surface area contributed by atoms with Gasteiger partial charge in [-0.25, -0.2) is 0 Å². The van der Waals surface area contributed by atoms with E-state index in [0.717, 1.165) is 25.7 Å². The lowest BCUT2D eigenvalue weighted by molar-refractivity contribution is -0.181. The van der Waals surface area contributed by atoms with Gasteiger partial charge in [-0.05, 0) is 61.7 Å². The molecule has 4 rings (SSSR count). The number of aliphatic hydroxyl groups is 3. The predicted octanol–water partition coefficient (Wildman–Crippen LogP) is 2.38. The fourth-order valence-corrected chi connectivity index (χ4v) is 7.11. The topological polar surface area (TPSA) is 77.8 Å². The quantitative estimate of drug-likeness (QED) is 0.717. The zero-order valence-electron chi connectivity index (χ0n) is 15.2. The first-order valence-electron chi connectivity index (χ1n) is 9.69. The molecule has 0 bridgehead atoms. The van der Waals surface area contributed by atoms with Gasteiger partial charge in [0.2, 0.25) is 0 Å². The molecule has 3 saturated carbocycles. The molecule has 25 heavy (non-hydrogen) atoms. The molecule has 0 saturated heterocycles. The Morgan fingerprint density at radius 1 is 1.32 bits per heavy atom. The van der Waals surface area contributed by atoms with Crippen molar-refractivity contribution in [3.05, 3.63) is 23.8 Å². The van der Waals surface area contributed by atoms with Crippen LogP contribution in [0.5, 0.6) is 0 Å². The minimum Gasteiger partial charge on any atom is -0.393 e. The number of fused-ring (bicyclic) bond motifs is 5. The van der Waals surface area contributed by atoms with E-state index in [1.165, 1.54) is 5.57 Å². The molecule has 4 heteroatoms. The van der Waals surface area contributed by atoms with Crippen molar-refractivity contribution in [1.29, 1.82) is 0 Å². The minimum atomic E-state index is -1.50. The van der Waals surface area contributed by atoms with Crippen LogP contribution in [0.4, 0.5) is 0 Å². The fraction of sp³-hybridized carbons (Fsp3) is 0.762. The van der Waals surface area contributed by atoms with E-state index in [9.17, 15) is 20.1 Å². The molecule has 4 nitrogen and oxygen atoms in total. The Kier molecular flexibility index (Phi) is 3.85. The molecule has 0 spiro atoms. The monoisotopic (exact) mass is 346 g/mol. The average Bonchev–Trinajstić information content (AvgIpc) is 2.85. The molecule has 3 N–H and O–H groups in total. The van der Waals surface area contributed by atoms with E-state index < -0.39 is 29.5 Å². The first-order chi connectivity index (χ1) is 11.8. The third-order valence-electron chi connectivity index (χ3n) is 8.40. The highest BCUT2D eigenvalue weighted by molar-refractivity contribution is 5.89. The maximum Gasteiger partial charge on any atom is 0.190 e. The molecule has 0 aliphatic heterocycles. The average molecular weight is 346 g/mol. The number of carbonyl (C=O) groups excluding carboxylic acids is 1. The van der Waals surface area contributed by atoms with Crippen molar-refractivity contribution in [3.63, 3.8) is 0 Å². The second-order valence-corrected chi connectivity index (χ2v) is 9.25. The number of hydrogen-bond donors (Lipinski definition) is 3. The van der Waals surface area contributed by atoms with E-state index in [-0.39, 0.29) is 17.3 Å². The van der Waals surface area contributed by atoms with Crippen LogP contribution in [0, 0.1) is 28.6 Å². The molecule has 0 aromatic heterocycles. The summed E-state index contributed by atoms with van der Waals surface area (Å²) in [4.78, 5) is 12.4. The van der Waals surface area contributed by atoms with Gasteiger partial charge in [-0.15, -0.1) is 0 Å². The highest BCUT2D eigenvalue weighted by Gasteiger charge is 2.67. The Morgan fingerprint density at radius 3 is 2.80 bits per heavy atom. The van der Waals surface area contributed by atoms with Gasteiger partial charge in [-0.2, -0.15) is 0 Å². The van der Waals surface area contributed by atoms with Crippen molar-refractivity contribution in [2.75, 3.05) is 6.61 Å². The van der Waals surface area contributed by atoms with Crippen molar-refractivity contribution in [1.82, 2.24) is 0 Å². The number of hydrogen-bond acceptors (Lipinski definition) is 4. The maximum absolute atomic E-state index is 12.4. The summed E-state index contributed by atoms with van der Waals surface area (Å²) in [6.45, 7) is 3.62. The molecule has 0 amide bonds. The SMILES string of the molecule is C[C@]12CC=CC=C1CC[C@@H]1[C@@H]2[C@@H](O)C[C@@]2(C)[C@H]1CC[C@]2(O)C(=O)CO. The first kappa shape index (κ1) is 17.4. The number of Topliss-reactive ketones (excluding diaryl/α,β-unsaturated/α-hetero) is 1. The van der Waals surface area contributed by atoms with Crippen LogP contribution >= 0.6 is 0 Å². The number of carbonyl (C=O) groups is 1. The Labute approximate surface area is 149 Å². The predicted molar refractivity (Wildman–Crippen MR) is 94.7 cm³/mol. The normalized spacial score (nSPS) is 51.3. The van der Waals surface area contributed by atoms with Gasteiger partial charge >= 0.3 is 0 Å². The molecular weight excluding hydrogens is 316 g/mol. The van der Waals surface area contributed by atoms with Gasteiger partial charge in [0.1, 0.15) is 12.2 Å². The summed E-state index contributed by atoms with van der Waals surface area (Å²) in [5, 5.41) is 31.7. The van der Waals surface area contributed by atoms with E-state index >= 15 is 0 Å². The van der Waals surface area contributed by atoms with Crippen LogP contribution in [-0.2, 0) is 4.79 Å². The van der Waals surface area contributed by atoms with Crippen LogP contribution in [0.2, 0.25) is 0 Å². The van der Waals surface area contributed by atoms with Gasteiger partial charge in [0.15, 0.2) is 5.78 Å². The van der Waals surface area contributed by atoms with Crippen LogP contribution in [0.3, 0.4) is 0 Å². The molecule has 3 fully saturated rings. The van der Waals surface area contributed by atoms with Crippen molar-refractivity contribution >= 4 is 5.78 Å². The van der Waals surface area contributed by atoms with Crippen LogP contribution in [0.15, 0.2) is 23.8 Å². The van der Waals surface area contributed by atoms with Gasteiger partial charge in [0.25, 0.3) is 0 Å². The first-order valence-corrected chi connectivity index (χ1v) is 9.69. The summed E-state index contributed by atoms with van der Waals surface area (Å²) in [6.07, 6.45) is 10.7. The molecule has 4 aliphatic carbocycles. The molecule has 0 heterocycles. The summed E-state index contributed by atoms with van der Waals surface area (Å²) < 4.78 is 0. The van der Waals surface area contributed by atoms with Crippen LogP contribution in [0.25, 0.3) is 0 Å². The minimum absolute atomic E-state index is 0.0138. The maximum atomic E-state index is 12.4. The molecule has 138 valence electrons. The standard InChI is InChI=1S/C21H30O4/c1-19-9-4-3-5-13(19)6-7-14-15-8-10-21(25,17(24)12-22)20(15,2)11-16(23)18(14)19/h3-5,14-16,18,22-23,25H,6-12H2,1-2H3/t14-,15-,16-,18+,19-,20-,21-/m0/s1. The Morgan fingerprint density at radius 2 is 2.08 bits per heavy atom. The Balaban J connectivity index is 1.74. The van der Waals surface area contributed by atoms with Crippen LogP contribution in [-0.4, -0.2) is 39.4 Å². The van der Waals surface area contributed by atoms with Crippen molar-refractivity contribution in [2.24, 2.45) is 28.6 Å². The fourth-order valence-electron chi connectivity index (χ4n) is 7.11. The van der Waals surface area contributed by atoms with Gasteiger partial charge in [-0.1, -0.05) is 37.6 Å². The van der Waals surface area contributed by atoms with E-state index in [2.05, 4.69) is 25.2 Å². The second-order valence-electron chi connectivity index (χ2n) is 9.25. The summed E-state index contributed by atoms with van der Waals surface area (Å²) in [6, 6.07) is 0. The van der Waals surface area contributed by atoms with Gasteiger partial charge in [0.05, 0.1) is 6.10 Å². The van der Waals surface area contributed by atoms with Gasteiger partial charge in [0, 0.05) is 5.41 Å². The van der Waals surface area contributed by atoms with E-state index in [4.69, 9.17) is 0 Å². The summed E-state index contributed by atoms with van der Waals surface area (Å²) in [7, 11) is 0. The van der Waals surface area contributed by atoms with Crippen LogP contribution in [0.1, 0.15) is 52.4 Å². The van der Waals surface area contributed by atoms with Crippen molar-refractivity contribution in [2.45, 2.75) is 64.1 Å². The lowest BCUT2D eigenvalue weighted by Crippen LogP contribution is -2.61. The third-order valence-corrected chi connectivity index (χ3v) is 8.40. The number of ketones is 1. The zero-order chi connectivity index (χ0) is 18.0. The molecule has 0 unspecified atom stereocenters. The second kappa shape index (κ2) is 5.51. The lowest BCUT2D eigenvalue weighted by Gasteiger charge is -2.60. The largest absolute Gasteiger partial charge is 0.393 e. The molecular formula is C21H30O4. The Bertz CT molecular complexity index is 652. The van der Waals surface area contributed by atoms with E-state index in [1.807, 2.05) is 6.92 Å². The molecule has 4 aliphatic rings. The summed E-state index contributed by atoms with van der Waals surface area (Å²) >= 11 is 0. The Hall–Kier alpha value is -0.970. The van der Waals surface area contributed by atoms with Crippen molar-refractivity contribution < 1.29 is 20.1 Å². The number of rotatable bonds is 2. The number of allylic oxidation sites excluding steroid dienone is 4. The number of aliphatic hydroxyl groups excluding tert-OH is 2. The van der Waals surface area contributed by atoms with Crippen LogP contribution < -0.4 is 0 Å². The summed E-state index contributed by atoms with van der Waals surface area (Å²) in [5.74, 6) is 0.252. The summed E-state index contributed by atoms with van der Waals surface area (Å²) in [5.41, 5.74) is -0.712. The lowest BCUT2D eigenvalue weighted by atomic mass is 9.46. The van der Waals surface area contributed by atoms with Gasteiger partial charge < -0.3 is 15.3 Å². The molecule has 0 aromatic rings. The van der Waals surface area contributed by atoms with E-state index in [1.54, 1.807) is 0 Å². The zero-order valence-corrected chi connectivity index (χ0v) is 15.2. The molecule has 0 radical (unpaired) electrons. The van der Waals surface area contributed by atoms with E-state index in [0.29, 0.717) is 18.8 Å². The smallest absolute Gasteiger partial charge is 0.190 e. The van der Waals surface area contributed by atoms with Gasteiger partial charge in [-0.3, -0.25) is 4.79 Å². The highest BCUT2D eigenvalue weighted by Crippen LogP contribution is 2.67.